The molecule has 0 aliphatic rings. The molecule has 0 saturated carbocycles. The lowest BCUT2D eigenvalue weighted by Crippen LogP contribution is -1.98. The van der Waals surface area contributed by atoms with Crippen LogP contribution < -0.4 is 5.73 Å². The molecule has 1 unspecified atom stereocenters. The summed E-state index contributed by atoms with van der Waals surface area (Å²) in [5.74, 6) is 0. The zero-order valence-electron chi connectivity index (χ0n) is 8.77. The van der Waals surface area contributed by atoms with Crippen LogP contribution in [0.25, 0.3) is 0 Å². The van der Waals surface area contributed by atoms with Gasteiger partial charge in [-0.2, -0.15) is 0 Å². The lowest BCUT2D eigenvalue weighted by Gasteiger charge is -2.01. The smallest absolute Gasteiger partial charge is 0.183 e. The summed E-state index contributed by atoms with van der Waals surface area (Å²) in [6.45, 7) is 2.21. The minimum absolute atomic E-state index is 0.314. The van der Waals surface area contributed by atoms with Crippen molar-refractivity contribution in [3.05, 3.63) is 0 Å². The third-order valence-corrected chi connectivity index (χ3v) is 2.30. The maximum atomic E-state index is 11.9. The van der Waals surface area contributed by atoms with Crippen molar-refractivity contribution < 1.29 is 4.39 Å². The molecular formula is C11H22FN. The Morgan fingerprint density at radius 3 is 1.85 bits per heavy atom. The molecule has 0 heterocycles. The summed E-state index contributed by atoms with van der Waals surface area (Å²) in [5, 5.41) is 0. The molecule has 0 amide bonds. The van der Waals surface area contributed by atoms with Crippen LogP contribution in [-0.4, -0.2) is 6.30 Å². The van der Waals surface area contributed by atoms with Crippen molar-refractivity contribution in [3.8, 4) is 0 Å². The fourth-order valence-corrected chi connectivity index (χ4v) is 1.45. The third-order valence-electron chi connectivity index (χ3n) is 2.30. The van der Waals surface area contributed by atoms with E-state index in [2.05, 4.69) is 6.92 Å². The first kappa shape index (κ1) is 12.9. The maximum absolute atomic E-state index is 11.9. The van der Waals surface area contributed by atoms with Crippen LogP contribution in [-0.2, 0) is 0 Å². The Hall–Kier alpha value is -0.110. The average molecular weight is 187 g/mol. The van der Waals surface area contributed by atoms with Gasteiger partial charge in [-0.15, -0.1) is 5.73 Å². The van der Waals surface area contributed by atoms with Gasteiger partial charge in [0.05, 0.1) is 0 Å². The molecule has 0 bridgehead atoms. The molecule has 2 heteroatoms. The van der Waals surface area contributed by atoms with Gasteiger partial charge < -0.3 is 0 Å². The van der Waals surface area contributed by atoms with Gasteiger partial charge in [-0.3, -0.25) is 0 Å². The summed E-state index contributed by atoms with van der Waals surface area (Å²) >= 11 is 0. The number of hydrogen-bond donors (Lipinski definition) is 0. The molecule has 0 aromatic carbocycles. The second-order valence-corrected chi connectivity index (χ2v) is 3.70. The van der Waals surface area contributed by atoms with E-state index in [0.29, 0.717) is 6.42 Å². The number of halogens is 1. The highest BCUT2D eigenvalue weighted by Crippen LogP contribution is 2.10. The molecule has 1 atom stereocenters. The molecule has 0 aliphatic heterocycles. The third kappa shape index (κ3) is 11.9. The topological polar surface area (TPSA) is 22.3 Å². The Balaban J connectivity index is 2.84. The predicted molar refractivity (Wildman–Crippen MR) is 54.3 cm³/mol. The summed E-state index contributed by atoms with van der Waals surface area (Å²) in [6, 6.07) is 0. The van der Waals surface area contributed by atoms with E-state index in [4.69, 9.17) is 5.73 Å². The number of nitrogens with zero attached hydrogens (tertiary/aromatic N) is 1. The molecule has 0 spiro atoms. The fraction of sp³-hybridized carbons (Fsp3) is 1.00. The standard InChI is InChI=1S/C11H22FN/c1-2-3-4-5-6-7-8-9-10-11(12)13/h11H,2-10H2,1H3. The van der Waals surface area contributed by atoms with E-state index >= 15 is 0 Å². The van der Waals surface area contributed by atoms with Crippen molar-refractivity contribution in [3.63, 3.8) is 0 Å². The van der Waals surface area contributed by atoms with Crippen molar-refractivity contribution >= 4 is 0 Å². The Bertz CT molecular complexity index is 94.1. The Morgan fingerprint density at radius 2 is 1.38 bits per heavy atom. The number of alkyl halides is 1. The molecule has 1 nitrogen and oxygen atoms in total. The van der Waals surface area contributed by atoms with Crippen LogP contribution >= 0.6 is 0 Å². The van der Waals surface area contributed by atoms with E-state index in [9.17, 15) is 4.39 Å². The lowest BCUT2D eigenvalue weighted by molar-refractivity contribution is 0.303. The van der Waals surface area contributed by atoms with Crippen molar-refractivity contribution in [2.75, 3.05) is 0 Å². The molecule has 13 heavy (non-hydrogen) atoms. The van der Waals surface area contributed by atoms with Gasteiger partial charge in [0.2, 0.25) is 0 Å². The van der Waals surface area contributed by atoms with Gasteiger partial charge in [-0.05, 0) is 12.8 Å². The van der Waals surface area contributed by atoms with Crippen LogP contribution in [0.4, 0.5) is 4.39 Å². The van der Waals surface area contributed by atoms with Crippen molar-refractivity contribution in [2.24, 2.45) is 0 Å². The minimum atomic E-state index is -1.60. The molecular weight excluding hydrogens is 165 g/mol. The summed E-state index contributed by atoms with van der Waals surface area (Å²) in [4.78, 5) is 0. The van der Waals surface area contributed by atoms with Gasteiger partial charge in [0.25, 0.3) is 0 Å². The minimum Gasteiger partial charge on any atom is -0.227 e. The van der Waals surface area contributed by atoms with E-state index in [1.165, 1.54) is 38.5 Å². The van der Waals surface area contributed by atoms with E-state index in [-0.39, 0.29) is 0 Å². The van der Waals surface area contributed by atoms with Crippen molar-refractivity contribution in [1.82, 2.24) is 5.73 Å². The van der Waals surface area contributed by atoms with Gasteiger partial charge in [-0.1, -0.05) is 51.9 Å². The summed E-state index contributed by atoms with van der Waals surface area (Å²) < 4.78 is 11.9. The Morgan fingerprint density at radius 1 is 0.923 bits per heavy atom. The molecule has 0 aliphatic carbocycles. The fourth-order valence-electron chi connectivity index (χ4n) is 1.45. The highest BCUT2D eigenvalue weighted by molar-refractivity contribution is 4.48. The summed E-state index contributed by atoms with van der Waals surface area (Å²) in [6.07, 6.45) is 8.33. The van der Waals surface area contributed by atoms with Crippen LogP contribution in [0, 0.1) is 0 Å². The van der Waals surface area contributed by atoms with Crippen LogP contribution in [0.3, 0.4) is 0 Å². The molecule has 0 aromatic rings. The molecule has 0 aromatic heterocycles. The first-order valence-electron chi connectivity index (χ1n) is 5.59. The monoisotopic (exact) mass is 187 g/mol. The average Bonchev–Trinajstić information content (AvgIpc) is 2.09. The summed E-state index contributed by atoms with van der Waals surface area (Å²) in [5.41, 5.74) is 8.36. The molecule has 0 rings (SSSR count). The van der Waals surface area contributed by atoms with Crippen LogP contribution in [0.1, 0.15) is 64.7 Å². The first-order chi connectivity index (χ1) is 6.27. The largest absolute Gasteiger partial charge is 0.227 e. The molecule has 0 N–H and O–H groups in total. The molecule has 0 saturated heterocycles. The molecule has 0 fully saturated rings. The van der Waals surface area contributed by atoms with E-state index in [1.807, 2.05) is 0 Å². The van der Waals surface area contributed by atoms with Gasteiger partial charge in [0.1, 0.15) is 0 Å². The second-order valence-electron chi connectivity index (χ2n) is 3.70. The maximum Gasteiger partial charge on any atom is 0.183 e. The van der Waals surface area contributed by atoms with Crippen LogP contribution in [0.15, 0.2) is 0 Å². The zero-order chi connectivity index (χ0) is 9.94. The van der Waals surface area contributed by atoms with Crippen molar-refractivity contribution in [2.45, 2.75) is 71.0 Å². The van der Waals surface area contributed by atoms with Crippen LogP contribution in [0.2, 0.25) is 0 Å². The van der Waals surface area contributed by atoms with Gasteiger partial charge in [0.15, 0.2) is 6.30 Å². The van der Waals surface area contributed by atoms with E-state index in [0.717, 1.165) is 12.8 Å². The van der Waals surface area contributed by atoms with E-state index in [1.54, 1.807) is 0 Å². The lowest BCUT2D eigenvalue weighted by atomic mass is 10.1. The predicted octanol–water partition coefficient (Wildman–Crippen LogP) is 3.88. The normalized spacial score (nSPS) is 13.2. The number of rotatable bonds is 9. The van der Waals surface area contributed by atoms with Crippen molar-refractivity contribution in [1.29, 1.82) is 0 Å². The molecule has 78 valence electrons. The van der Waals surface area contributed by atoms with Crippen LogP contribution in [0.5, 0.6) is 0 Å². The summed E-state index contributed by atoms with van der Waals surface area (Å²) in [7, 11) is 0. The highest BCUT2D eigenvalue weighted by Gasteiger charge is 1.99. The SMILES string of the molecule is CCCCCCCCCCC([N])F. The van der Waals surface area contributed by atoms with Gasteiger partial charge >= 0.3 is 0 Å². The zero-order valence-corrected chi connectivity index (χ0v) is 8.77. The number of unbranched alkanes of at least 4 members (excludes halogenated alkanes) is 7. The van der Waals surface area contributed by atoms with Gasteiger partial charge in [0, 0.05) is 0 Å². The second kappa shape index (κ2) is 9.97. The Labute approximate surface area is 81.9 Å². The molecule has 2 radical (unpaired) electrons. The quantitative estimate of drug-likeness (QED) is 0.386. The number of hydrogen-bond acceptors (Lipinski definition) is 0. The Kier molecular flexibility index (Phi) is 9.89. The first-order valence-corrected chi connectivity index (χ1v) is 5.59. The van der Waals surface area contributed by atoms with Gasteiger partial charge in [-0.25, -0.2) is 4.39 Å². The highest BCUT2D eigenvalue weighted by atomic mass is 19.1. The van der Waals surface area contributed by atoms with E-state index < -0.39 is 6.30 Å².